The van der Waals surface area contributed by atoms with Crippen LogP contribution >= 0.6 is 0 Å². The van der Waals surface area contributed by atoms with Gasteiger partial charge in [0.05, 0.1) is 0 Å². The van der Waals surface area contributed by atoms with Gasteiger partial charge in [-0.05, 0) is 36.8 Å². The fourth-order valence-corrected chi connectivity index (χ4v) is 1.42. The third-order valence-electron chi connectivity index (χ3n) is 2.19. The standard InChI is InChI=1S/C9H11NO/c1-6-4-9(11)10-5-8(6)7-2-3-7/h4-5,7H,2-3H2,1H3,(H,10,11). The molecule has 0 spiro atoms. The molecule has 0 radical (unpaired) electrons. The van der Waals surface area contributed by atoms with Crippen LogP contribution in [0.15, 0.2) is 17.1 Å². The number of aromatic amines is 1. The Morgan fingerprint density at radius 3 is 2.82 bits per heavy atom. The lowest BCUT2D eigenvalue weighted by atomic mass is 10.1. The molecule has 0 bridgehead atoms. The zero-order valence-corrected chi connectivity index (χ0v) is 6.55. The lowest BCUT2D eigenvalue weighted by Gasteiger charge is -2.00. The van der Waals surface area contributed by atoms with Crippen molar-refractivity contribution in [2.75, 3.05) is 0 Å². The van der Waals surface area contributed by atoms with E-state index in [0.29, 0.717) is 0 Å². The van der Waals surface area contributed by atoms with Crippen LogP contribution in [0, 0.1) is 6.92 Å². The number of hydrogen-bond acceptors (Lipinski definition) is 1. The molecular formula is C9H11NO. The highest BCUT2D eigenvalue weighted by Gasteiger charge is 2.24. The highest BCUT2D eigenvalue weighted by molar-refractivity contribution is 5.28. The predicted molar refractivity (Wildman–Crippen MR) is 43.8 cm³/mol. The van der Waals surface area contributed by atoms with E-state index in [1.807, 2.05) is 13.1 Å². The normalized spacial score (nSPS) is 16.8. The summed E-state index contributed by atoms with van der Waals surface area (Å²) in [5.41, 5.74) is 2.47. The average molecular weight is 149 g/mol. The minimum Gasteiger partial charge on any atom is -0.329 e. The van der Waals surface area contributed by atoms with E-state index >= 15 is 0 Å². The van der Waals surface area contributed by atoms with Gasteiger partial charge in [-0.25, -0.2) is 0 Å². The Morgan fingerprint density at radius 1 is 1.55 bits per heavy atom. The van der Waals surface area contributed by atoms with E-state index < -0.39 is 0 Å². The van der Waals surface area contributed by atoms with E-state index in [9.17, 15) is 4.79 Å². The van der Waals surface area contributed by atoms with Gasteiger partial charge in [-0.15, -0.1) is 0 Å². The molecule has 1 heterocycles. The van der Waals surface area contributed by atoms with Crippen molar-refractivity contribution >= 4 is 0 Å². The third kappa shape index (κ3) is 1.20. The van der Waals surface area contributed by atoms with E-state index in [4.69, 9.17) is 0 Å². The molecule has 1 aromatic heterocycles. The van der Waals surface area contributed by atoms with E-state index in [-0.39, 0.29) is 5.56 Å². The third-order valence-corrected chi connectivity index (χ3v) is 2.19. The molecule has 1 aliphatic carbocycles. The number of aryl methyl sites for hydroxylation is 1. The molecular weight excluding hydrogens is 138 g/mol. The molecule has 0 atom stereocenters. The topological polar surface area (TPSA) is 32.9 Å². The van der Waals surface area contributed by atoms with E-state index in [1.165, 1.54) is 18.4 Å². The monoisotopic (exact) mass is 149 g/mol. The van der Waals surface area contributed by atoms with Crippen molar-refractivity contribution in [3.8, 4) is 0 Å². The molecule has 0 amide bonds. The van der Waals surface area contributed by atoms with Gasteiger partial charge in [-0.2, -0.15) is 0 Å². The fraction of sp³-hybridized carbons (Fsp3) is 0.444. The van der Waals surface area contributed by atoms with Gasteiger partial charge in [0.2, 0.25) is 5.56 Å². The van der Waals surface area contributed by atoms with Crippen molar-refractivity contribution in [3.63, 3.8) is 0 Å². The Bertz CT molecular complexity index is 323. The quantitative estimate of drug-likeness (QED) is 0.645. The van der Waals surface area contributed by atoms with Crippen molar-refractivity contribution in [3.05, 3.63) is 33.7 Å². The van der Waals surface area contributed by atoms with Crippen LogP contribution in [0.1, 0.15) is 29.9 Å². The van der Waals surface area contributed by atoms with E-state index in [2.05, 4.69) is 4.98 Å². The van der Waals surface area contributed by atoms with Gasteiger partial charge in [0, 0.05) is 12.3 Å². The molecule has 0 saturated heterocycles. The van der Waals surface area contributed by atoms with Crippen molar-refractivity contribution in [2.24, 2.45) is 0 Å². The second-order valence-corrected chi connectivity index (χ2v) is 3.21. The van der Waals surface area contributed by atoms with Crippen LogP contribution in [0.2, 0.25) is 0 Å². The summed E-state index contributed by atoms with van der Waals surface area (Å²) in [4.78, 5) is 13.5. The molecule has 11 heavy (non-hydrogen) atoms. The minimum atomic E-state index is 0.00639. The lowest BCUT2D eigenvalue weighted by molar-refractivity contribution is 1.04. The zero-order valence-electron chi connectivity index (χ0n) is 6.55. The summed E-state index contributed by atoms with van der Waals surface area (Å²) in [7, 11) is 0. The smallest absolute Gasteiger partial charge is 0.248 e. The Hall–Kier alpha value is -1.05. The summed E-state index contributed by atoms with van der Waals surface area (Å²) in [6, 6.07) is 1.67. The Labute approximate surface area is 65.3 Å². The van der Waals surface area contributed by atoms with Crippen molar-refractivity contribution in [2.45, 2.75) is 25.7 Å². The Morgan fingerprint density at radius 2 is 2.27 bits per heavy atom. The molecule has 1 N–H and O–H groups in total. The predicted octanol–water partition coefficient (Wildman–Crippen LogP) is 1.56. The van der Waals surface area contributed by atoms with Crippen LogP contribution in [0.5, 0.6) is 0 Å². The van der Waals surface area contributed by atoms with E-state index in [0.717, 1.165) is 11.5 Å². The molecule has 0 aliphatic heterocycles. The summed E-state index contributed by atoms with van der Waals surface area (Å²) < 4.78 is 0. The van der Waals surface area contributed by atoms with Crippen LogP contribution in [-0.4, -0.2) is 4.98 Å². The molecule has 0 unspecified atom stereocenters. The molecule has 1 fully saturated rings. The largest absolute Gasteiger partial charge is 0.329 e. The van der Waals surface area contributed by atoms with Crippen molar-refractivity contribution in [1.29, 1.82) is 0 Å². The maximum atomic E-state index is 10.8. The molecule has 0 aromatic carbocycles. The van der Waals surface area contributed by atoms with Gasteiger partial charge in [0.15, 0.2) is 0 Å². The Kier molecular flexibility index (Phi) is 1.34. The number of hydrogen-bond donors (Lipinski definition) is 1. The highest BCUT2D eigenvalue weighted by Crippen LogP contribution is 2.40. The summed E-state index contributed by atoms with van der Waals surface area (Å²) in [6.07, 6.45) is 4.43. The molecule has 1 aromatic rings. The highest BCUT2D eigenvalue weighted by atomic mass is 16.1. The summed E-state index contributed by atoms with van der Waals surface area (Å²) in [5.74, 6) is 0.729. The SMILES string of the molecule is Cc1cc(=O)[nH]cc1C1CC1. The maximum Gasteiger partial charge on any atom is 0.248 e. The van der Waals surface area contributed by atoms with Crippen LogP contribution in [0.3, 0.4) is 0 Å². The lowest BCUT2D eigenvalue weighted by Crippen LogP contribution is -2.05. The summed E-state index contributed by atoms with van der Waals surface area (Å²) >= 11 is 0. The van der Waals surface area contributed by atoms with Gasteiger partial charge in [0.1, 0.15) is 0 Å². The number of rotatable bonds is 1. The molecule has 2 nitrogen and oxygen atoms in total. The van der Waals surface area contributed by atoms with Gasteiger partial charge >= 0.3 is 0 Å². The molecule has 58 valence electrons. The first-order valence-electron chi connectivity index (χ1n) is 3.96. The second kappa shape index (κ2) is 2.22. The van der Waals surface area contributed by atoms with Gasteiger partial charge in [0.25, 0.3) is 0 Å². The fourth-order valence-electron chi connectivity index (χ4n) is 1.42. The Balaban J connectivity index is 2.47. The van der Waals surface area contributed by atoms with Gasteiger partial charge in [-0.1, -0.05) is 0 Å². The number of H-pyrrole nitrogens is 1. The zero-order chi connectivity index (χ0) is 7.84. The van der Waals surface area contributed by atoms with Gasteiger partial charge in [-0.3, -0.25) is 4.79 Å². The van der Waals surface area contributed by atoms with Crippen LogP contribution < -0.4 is 5.56 Å². The van der Waals surface area contributed by atoms with Crippen LogP contribution in [-0.2, 0) is 0 Å². The van der Waals surface area contributed by atoms with Crippen LogP contribution in [0.25, 0.3) is 0 Å². The van der Waals surface area contributed by atoms with Crippen molar-refractivity contribution in [1.82, 2.24) is 4.98 Å². The molecule has 2 heteroatoms. The first-order chi connectivity index (χ1) is 5.27. The number of nitrogens with one attached hydrogen (secondary N) is 1. The first-order valence-corrected chi connectivity index (χ1v) is 3.96. The summed E-state index contributed by atoms with van der Waals surface area (Å²) in [6.45, 7) is 2.00. The minimum absolute atomic E-state index is 0.00639. The summed E-state index contributed by atoms with van der Waals surface area (Å²) in [5, 5.41) is 0. The average Bonchev–Trinajstić information content (AvgIpc) is 2.70. The van der Waals surface area contributed by atoms with Crippen LogP contribution in [0.4, 0.5) is 0 Å². The molecule has 2 rings (SSSR count). The maximum absolute atomic E-state index is 10.8. The molecule has 1 saturated carbocycles. The second-order valence-electron chi connectivity index (χ2n) is 3.21. The number of aromatic nitrogens is 1. The van der Waals surface area contributed by atoms with Gasteiger partial charge < -0.3 is 4.98 Å². The first kappa shape index (κ1) is 6.65. The van der Waals surface area contributed by atoms with Crippen molar-refractivity contribution < 1.29 is 0 Å². The van der Waals surface area contributed by atoms with E-state index in [1.54, 1.807) is 6.07 Å². The number of pyridine rings is 1. The molecule has 1 aliphatic rings.